The van der Waals surface area contributed by atoms with Crippen LogP contribution in [0.4, 0.5) is 4.39 Å². The molecule has 2 aromatic carbocycles. The molecule has 0 saturated heterocycles. The van der Waals surface area contributed by atoms with Crippen molar-refractivity contribution in [3.63, 3.8) is 0 Å². The maximum absolute atomic E-state index is 14.3. The molecule has 10 heteroatoms. The topological polar surface area (TPSA) is 114 Å². The third-order valence-corrected chi connectivity index (χ3v) is 5.19. The number of carbonyl (C=O) groups excluding carboxylic acids is 1. The number of benzene rings is 2. The highest BCUT2D eigenvalue weighted by Gasteiger charge is 2.18. The van der Waals surface area contributed by atoms with Gasteiger partial charge in [0.1, 0.15) is 5.69 Å². The summed E-state index contributed by atoms with van der Waals surface area (Å²) in [5, 5.41) is 9.42. The summed E-state index contributed by atoms with van der Waals surface area (Å²) in [5.74, 6) is -0.954. The number of hydrogen-bond acceptors (Lipinski definition) is 6. The van der Waals surface area contributed by atoms with Gasteiger partial charge in [-0.15, -0.1) is 5.10 Å². The molecule has 0 radical (unpaired) electrons. The lowest BCUT2D eigenvalue weighted by molar-refractivity contribution is -0.145. The van der Waals surface area contributed by atoms with Crippen LogP contribution in [0.2, 0.25) is 0 Å². The normalized spacial score (nSPS) is 11.3. The summed E-state index contributed by atoms with van der Waals surface area (Å²) in [4.78, 5) is 18.0. The van der Waals surface area contributed by atoms with Gasteiger partial charge in [0.05, 0.1) is 18.2 Å². The third-order valence-electron chi connectivity index (χ3n) is 4.26. The van der Waals surface area contributed by atoms with E-state index < -0.39 is 21.8 Å². The largest absolute Gasteiger partial charge is 0.494 e. The van der Waals surface area contributed by atoms with Crippen molar-refractivity contribution in [1.82, 2.24) is 9.94 Å². The molecule has 158 valence electrons. The van der Waals surface area contributed by atoms with Crippen molar-refractivity contribution >= 4 is 16.0 Å². The van der Waals surface area contributed by atoms with Gasteiger partial charge in [-0.2, -0.15) is 0 Å². The van der Waals surface area contributed by atoms with Crippen LogP contribution in [0.25, 0.3) is 22.4 Å². The van der Waals surface area contributed by atoms with E-state index in [1.54, 1.807) is 6.07 Å². The number of hydrogen-bond donors (Lipinski definition) is 1. The van der Waals surface area contributed by atoms with E-state index in [4.69, 9.17) is 14.7 Å². The predicted molar refractivity (Wildman–Crippen MR) is 107 cm³/mol. The van der Waals surface area contributed by atoms with Crippen molar-refractivity contribution in [2.45, 2.75) is 24.7 Å². The lowest BCUT2D eigenvalue weighted by atomic mass is 10.0. The van der Waals surface area contributed by atoms with Crippen LogP contribution in [0.5, 0.6) is 5.75 Å². The Balaban J connectivity index is 2.09. The van der Waals surface area contributed by atoms with Gasteiger partial charge in [0.2, 0.25) is 10.0 Å². The lowest BCUT2D eigenvalue weighted by Gasteiger charge is -2.06. The number of carbonyl (C=O) groups is 1. The fourth-order valence-corrected chi connectivity index (χ4v) is 3.33. The first-order valence-corrected chi connectivity index (χ1v) is 10.6. The van der Waals surface area contributed by atoms with Crippen molar-refractivity contribution in [3.8, 4) is 28.1 Å². The zero-order valence-electron chi connectivity index (χ0n) is 16.3. The number of halogens is 1. The van der Waals surface area contributed by atoms with E-state index >= 15 is 0 Å². The summed E-state index contributed by atoms with van der Waals surface area (Å²) in [7, 11) is -2.49. The molecule has 0 atom stereocenters. The zero-order chi connectivity index (χ0) is 21.9. The highest BCUT2D eigenvalue weighted by molar-refractivity contribution is 7.89. The maximum Gasteiger partial charge on any atom is 0.334 e. The smallest absolute Gasteiger partial charge is 0.334 e. The molecule has 1 aromatic heterocycles. The molecular formula is C20H20FN3O5S. The van der Waals surface area contributed by atoms with Crippen LogP contribution >= 0.6 is 0 Å². The molecule has 2 N–H and O–H groups in total. The molecule has 0 aliphatic rings. The van der Waals surface area contributed by atoms with E-state index in [1.807, 2.05) is 6.92 Å². The van der Waals surface area contributed by atoms with E-state index in [-0.39, 0.29) is 17.1 Å². The van der Waals surface area contributed by atoms with Crippen LogP contribution in [-0.2, 0) is 14.8 Å². The van der Waals surface area contributed by atoms with Crippen molar-refractivity contribution in [2.24, 2.45) is 5.14 Å². The Labute approximate surface area is 173 Å². The second-order valence-corrected chi connectivity index (χ2v) is 7.99. The Bertz CT molecular complexity index is 1170. The van der Waals surface area contributed by atoms with Gasteiger partial charge in [-0.1, -0.05) is 30.0 Å². The molecule has 3 rings (SSSR count). The molecule has 0 aliphatic carbocycles. The van der Waals surface area contributed by atoms with E-state index in [2.05, 4.69) is 5.10 Å². The van der Waals surface area contributed by atoms with E-state index in [0.717, 1.165) is 4.85 Å². The van der Waals surface area contributed by atoms with Crippen molar-refractivity contribution < 1.29 is 27.2 Å². The number of rotatable bonds is 7. The number of nitrogens with zero attached hydrogens (tertiary/aromatic N) is 2. The van der Waals surface area contributed by atoms with Crippen LogP contribution in [0.15, 0.2) is 53.6 Å². The van der Waals surface area contributed by atoms with Crippen molar-refractivity contribution in [3.05, 3.63) is 54.5 Å². The lowest BCUT2D eigenvalue weighted by Crippen LogP contribution is -2.19. The third kappa shape index (κ3) is 4.66. The van der Waals surface area contributed by atoms with Gasteiger partial charge in [0, 0.05) is 17.5 Å². The molecule has 30 heavy (non-hydrogen) atoms. The highest BCUT2D eigenvalue weighted by Crippen LogP contribution is 2.33. The number of methoxy groups -OCH3 is 1. The van der Waals surface area contributed by atoms with Gasteiger partial charge in [0.15, 0.2) is 11.6 Å². The first-order chi connectivity index (χ1) is 14.2. The Hall–Kier alpha value is -3.24. The minimum atomic E-state index is -3.85. The molecule has 0 spiro atoms. The first kappa shape index (κ1) is 21.5. The molecule has 0 amide bonds. The van der Waals surface area contributed by atoms with Gasteiger partial charge in [-0.25, -0.2) is 22.7 Å². The molecule has 0 saturated carbocycles. The standard InChI is InChI=1S/C20H20FN3O5S/c1-3-4-19(25)29-24-12-16(14-7-10-18(28-2)17(21)11-14)20(23-24)13-5-8-15(9-6-13)30(22,26)27/h5-12H,3-4H2,1-2H3,(H2,22,26,27). The SMILES string of the molecule is CCCC(=O)On1cc(-c2ccc(OC)c(F)c2)c(-c2ccc(S(N)(=O)=O)cc2)n1. The molecule has 3 aromatic rings. The molecule has 0 unspecified atom stereocenters. The van der Waals surface area contributed by atoms with E-state index in [0.29, 0.717) is 28.8 Å². The number of ether oxygens (including phenoxy) is 1. The highest BCUT2D eigenvalue weighted by atomic mass is 32.2. The Kier molecular flexibility index (Phi) is 6.18. The minimum Gasteiger partial charge on any atom is -0.494 e. The zero-order valence-corrected chi connectivity index (χ0v) is 17.1. The van der Waals surface area contributed by atoms with Crippen LogP contribution < -0.4 is 14.7 Å². The summed E-state index contributed by atoms with van der Waals surface area (Å²) >= 11 is 0. The average Bonchev–Trinajstić information content (AvgIpc) is 3.11. The predicted octanol–water partition coefficient (Wildman–Crippen LogP) is 2.77. The molecule has 0 bridgehead atoms. The van der Waals surface area contributed by atoms with Gasteiger partial charge >= 0.3 is 5.97 Å². The Morgan fingerprint density at radius 1 is 1.17 bits per heavy atom. The Morgan fingerprint density at radius 3 is 2.40 bits per heavy atom. The van der Waals surface area contributed by atoms with Crippen LogP contribution in [-0.4, -0.2) is 31.4 Å². The van der Waals surface area contributed by atoms with Crippen molar-refractivity contribution in [1.29, 1.82) is 0 Å². The van der Waals surface area contributed by atoms with E-state index in [9.17, 15) is 17.6 Å². The second-order valence-electron chi connectivity index (χ2n) is 6.43. The number of aromatic nitrogens is 2. The molecule has 0 aliphatic heterocycles. The minimum absolute atomic E-state index is 0.0582. The summed E-state index contributed by atoms with van der Waals surface area (Å²) in [6.45, 7) is 1.84. The van der Waals surface area contributed by atoms with Crippen molar-refractivity contribution in [2.75, 3.05) is 7.11 Å². The number of nitrogens with two attached hydrogens (primary N) is 1. The fourth-order valence-electron chi connectivity index (χ4n) is 2.81. The summed E-state index contributed by atoms with van der Waals surface area (Å²) in [5.41, 5.74) is 1.84. The average molecular weight is 433 g/mol. The first-order valence-electron chi connectivity index (χ1n) is 9.01. The van der Waals surface area contributed by atoms with Gasteiger partial charge in [-0.3, -0.25) is 0 Å². The Morgan fingerprint density at radius 2 is 1.83 bits per heavy atom. The van der Waals surface area contributed by atoms with Crippen LogP contribution in [0.3, 0.4) is 0 Å². The molecule has 1 heterocycles. The van der Waals surface area contributed by atoms with Gasteiger partial charge in [-0.05, 0) is 36.2 Å². The number of sulfonamides is 1. The molecule has 8 nitrogen and oxygen atoms in total. The van der Waals surface area contributed by atoms with Gasteiger partial charge < -0.3 is 9.57 Å². The molecular weight excluding hydrogens is 413 g/mol. The molecule has 0 fully saturated rings. The maximum atomic E-state index is 14.3. The fraction of sp³-hybridized carbons (Fsp3) is 0.200. The van der Waals surface area contributed by atoms with Crippen LogP contribution in [0.1, 0.15) is 19.8 Å². The van der Waals surface area contributed by atoms with Gasteiger partial charge in [0.25, 0.3) is 0 Å². The summed E-state index contributed by atoms with van der Waals surface area (Å²) in [6, 6.07) is 10.1. The number of primary sulfonamides is 1. The summed E-state index contributed by atoms with van der Waals surface area (Å²) in [6.07, 6.45) is 2.28. The van der Waals surface area contributed by atoms with E-state index in [1.165, 1.54) is 49.7 Å². The van der Waals surface area contributed by atoms with Crippen LogP contribution in [0, 0.1) is 5.82 Å². The monoisotopic (exact) mass is 433 g/mol. The quantitative estimate of drug-likeness (QED) is 0.613. The second kappa shape index (κ2) is 8.64. The summed E-state index contributed by atoms with van der Waals surface area (Å²) < 4.78 is 42.2.